The zero-order chi connectivity index (χ0) is 36.0. The van der Waals surface area contributed by atoms with E-state index in [2.05, 4.69) is 31.3 Å². The Kier molecular flexibility index (Phi) is 29.3. The summed E-state index contributed by atoms with van der Waals surface area (Å²) in [5.74, 6) is -0.189. The fourth-order valence-corrected chi connectivity index (χ4v) is 6.21. The molecule has 1 heterocycles. The molecule has 288 valence electrons. The molecule has 0 aliphatic carbocycles. The van der Waals surface area contributed by atoms with Crippen LogP contribution in [0.3, 0.4) is 0 Å². The van der Waals surface area contributed by atoms with Crippen molar-refractivity contribution in [3.63, 3.8) is 0 Å². The quantitative estimate of drug-likeness (QED) is 0.0320. The Labute approximate surface area is 298 Å². The summed E-state index contributed by atoms with van der Waals surface area (Å²) in [4.78, 5) is 12.9. The lowest BCUT2D eigenvalue weighted by molar-refractivity contribution is -0.302. The molecule has 2 unspecified atom stereocenters. The van der Waals surface area contributed by atoms with Gasteiger partial charge in [-0.3, -0.25) is 4.79 Å². The van der Waals surface area contributed by atoms with Gasteiger partial charge in [-0.05, 0) is 44.9 Å². The third-order valence-electron chi connectivity index (χ3n) is 9.52. The number of aliphatic hydroxyl groups excluding tert-OH is 5. The van der Waals surface area contributed by atoms with Crippen LogP contribution < -0.4 is 5.32 Å². The first-order valence-electron chi connectivity index (χ1n) is 20.1. The average molecular weight is 698 g/mol. The van der Waals surface area contributed by atoms with E-state index in [4.69, 9.17) is 9.47 Å². The van der Waals surface area contributed by atoms with Crippen LogP contribution >= 0.6 is 0 Å². The minimum absolute atomic E-state index is 0.189. The normalized spacial score (nSPS) is 22.6. The van der Waals surface area contributed by atoms with E-state index < -0.39 is 49.5 Å². The molecule has 9 heteroatoms. The van der Waals surface area contributed by atoms with Gasteiger partial charge in [0.25, 0.3) is 0 Å². The van der Waals surface area contributed by atoms with Gasteiger partial charge in [0.1, 0.15) is 24.4 Å². The second kappa shape index (κ2) is 31.4. The minimum atomic E-state index is -1.56. The molecule has 1 saturated heterocycles. The summed E-state index contributed by atoms with van der Waals surface area (Å²) >= 11 is 0. The topological polar surface area (TPSA) is 149 Å². The van der Waals surface area contributed by atoms with Crippen LogP contribution in [0.5, 0.6) is 0 Å². The highest BCUT2D eigenvalue weighted by Gasteiger charge is 2.44. The molecule has 0 aromatic rings. The van der Waals surface area contributed by atoms with E-state index in [1.54, 1.807) is 6.08 Å². The first-order chi connectivity index (χ1) is 23.8. The number of rotatable bonds is 32. The molecular weight excluding hydrogens is 622 g/mol. The maximum atomic E-state index is 12.9. The van der Waals surface area contributed by atoms with Gasteiger partial charge < -0.3 is 40.3 Å². The molecule has 0 aromatic carbocycles. The van der Waals surface area contributed by atoms with Crippen LogP contribution in [-0.2, 0) is 14.3 Å². The van der Waals surface area contributed by atoms with Crippen LogP contribution in [0.4, 0.5) is 0 Å². The van der Waals surface area contributed by atoms with E-state index in [1.807, 2.05) is 6.08 Å². The van der Waals surface area contributed by atoms with Crippen LogP contribution in [0.25, 0.3) is 0 Å². The summed E-state index contributed by atoms with van der Waals surface area (Å²) in [7, 11) is 0. The van der Waals surface area contributed by atoms with Gasteiger partial charge in [0, 0.05) is 6.42 Å². The number of hydrogen-bond donors (Lipinski definition) is 6. The molecular formula is C40H75NO8. The molecule has 1 rings (SSSR count). The number of unbranched alkanes of at least 4 members (excludes halogenated alkanes) is 20. The molecule has 0 aromatic heterocycles. The van der Waals surface area contributed by atoms with E-state index in [1.165, 1.54) is 89.9 Å². The zero-order valence-electron chi connectivity index (χ0n) is 31.2. The van der Waals surface area contributed by atoms with Gasteiger partial charge in [0.05, 0.1) is 25.4 Å². The van der Waals surface area contributed by atoms with Gasteiger partial charge in [-0.25, -0.2) is 0 Å². The van der Waals surface area contributed by atoms with E-state index in [0.29, 0.717) is 6.42 Å². The first-order valence-corrected chi connectivity index (χ1v) is 20.1. The highest BCUT2D eigenvalue weighted by atomic mass is 16.7. The Morgan fingerprint density at radius 1 is 0.673 bits per heavy atom. The van der Waals surface area contributed by atoms with Crippen LogP contribution in [0.1, 0.15) is 168 Å². The number of amides is 1. The van der Waals surface area contributed by atoms with Crippen molar-refractivity contribution < 1.29 is 39.8 Å². The monoisotopic (exact) mass is 698 g/mol. The third-order valence-corrected chi connectivity index (χ3v) is 9.52. The van der Waals surface area contributed by atoms with Crippen molar-refractivity contribution in [2.75, 3.05) is 13.2 Å². The molecule has 1 aliphatic rings. The van der Waals surface area contributed by atoms with Gasteiger partial charge in [-0.1, -0.05) is 141 Å². The van der Waals surface area contributed by atoms with E-state index in [0.717, 1.165) is 57.8 Å². The summed E-state index contributed by atoms with van der Waals surface area (Å²) in [5.41, 5.74) is 0. The molecule has 1 aliphatic heterocycles. The Bertz CT molecular complexity index is 822. The van der Waals surface area contributed by atoms with Crippen LogP contribution in [-0.4, -0.2) is 87.5 Å². The predicted molar refractivity (Wildman–Crippen MR) is 198 cm³/mol. The number of ether oxygens (including phenoxy) is 2. The first kappa shape index (κ1) is 45.7. The smallest absolute Gasteiger partial charge is 0.220 e. The number of carbonyl (C=O) groups is 1. The van der Waals surface area contributed by atoms with Crippen LogP contribution in [0.15, 0.2) is 24.3 Å². The predicted octanol–water partition coefficient (Wildman–Crippen LogP) is 7.16. The fraction of sp³-hybridized carbons (Fsp3) is 0.875. The highest BCUT2D eigenvalue weighted by molar-refractivity contribution is 5.76. The lowest BCUT2D eigenvalue weighted by Crippen LogP contribution is -2.60. The Hall–Kier alpha value is -1.33. The van der Waals surface area contributed by atoms with Crippen molar-refractivity contribution in [3.8, 4) is 0 Å². The van der Waals surface area contributed by atoms with Gasteiger partial charge >= 0.3 is 0 Å². The Morgan fingerprint density at radius 2 is 1.14 bits per heavy atom. The molecule has 1 fully saturated rings. The van der Waals surface area contributed by atoms with E-state index in [-0.39, 0.29) is 12.5 Å². The number of hydrogen-bond acceptors (Lipinski definition) is 8. The molecule has 6 N–H and O–H groups in total. The molecule has 0 saturated carbocycles. The summed E-state index contributed by atoms with van der Waals surface area (Å²) in [6, 6.07) is -0.803. The SMILES string of the molecule is CCCCCCCC/C=C/CCCCCCCC(=O)N[C@@H](CO[C@H]1O[C@@H](CO)[C@H](O)C(O)C1O)[C@H](O)/C=C/CCCCCCCCCCC. The molecule has 7 atom stereocenters. The fourth-order valence-electron chi connectivity index (χ4n) is 6.21. The Morgan fingerprint density at radius 3 is 1.65 bits per heavy atom. The number of aliphatic hydroxyl groups is 5. The maximum Gasteiger partial charge on any atom is 0.220 e. The van der Waals surface area contributed by atoms with Gasteiger partial charge in [0.2, 0.25) is 5.91 Å². The lowest BCUT2D eigenvalue weighted by Gasteiger charge is -2.40. The molecule has 0 radical (unpaired) electrons. The molecule has 0 spiro atoms. The number of nitrogens with one attached hydrogen (secondary N) is 1. The van der Waals surface area contributed by atoms with Crippen LogP contribution in [0.2, 0.25) is 0 Å². The minimum Gasteiger partial charge on any atom is -0.394 e. The van der Waals surface area contributed by atoms with Crippen LogP contribution in [0, 0.1) is 0 Å². The molecule has 1 amide bonds. The lowest BCUT2D eigenvalue weighted by atomic mass is 9.99. The van der Waals surface area contributed by atoms with Crippen molar-refractivity contribution in [1.82, 2.24) is 5.32 Å². The second-order valence-corrected chi connectivity index (χ2v) is 14.1. The molecule has 0 bridgehead atoms. The molecule has 49 heavy (non-hydrogen) atoms. The maximum absolute atomic E-state index is 12.9. The Balaban J connectivity index is 2.43. The van der Waals surface area contributed by atoms with Crippen molar-refractivity contribution in [2.24, 2.45) is 0 Å². The van der Waals surface area contributed by atoms with Crippen molar-refractivity contribution in [2.45, 2.75) is 211 Å². The van der Waals surface area contributed by atoms with Crippen molar-refractivity contribution in [3.05, 3.63) is 24.3 Å². The standard InChI is InChI=1S/C40H75NO8/c1-3-5-7-9-11-13-15-16-17-18-20-22-24-26-28-30-36(44)41-33(32-48-40-39(47)38(46)37(45)35(31-42)49-40)34(43)29-27-25-23-21-19-14-12-10-8-6-4-2/h16-17,27,29,33-35,37-40,42-43,45-47H,3-15,18-26,28,30-32H2,1-2H3,(H,41,44)/b17-16+,29-27+/t33-,34+,35-,37-,38?,39?,40-/m0/s1. The second-order valence-electron chi connectivity index (χ2n) is 14.1. The summed E-state index contributed by atoms with van der Waals surface area (Å²) in [6.45, 7) is 3.72. The van der Waals surface area contributed by atoms with Gasteiger partial charge in [-0.15, -0.1) is 0 Å². The van der Waals surface area contributed by atoms with Crippen molar-refractivity contribution >= 4 is 5.91 Å². The van der Waals surface area contributed by atoms with Gasteiger partial charge in [-0.2, -0.15) is 0 Å². The summed E-state index contributed by atoms with van der Waals surface area (Å²) in [6.07, 6.45) is 27.9. The summed E-state index contributed by atoms with van der Waals surface area (Å²) in [5, 5.41) is 53.9. The zero-order valence-corrected chi connectivity index (χ0v) is 31.2. The van der Waals surface area contributed by atoms with E-state index in [9.17, 15) is 30.3 Å². The largest absolute Gasteiger partial charge is 0.394 e. The number of carbonyl (C=O) groups excluding carboxylic acids is 1. The van der Waals surface area contributed by atoms with Gasteiger partial charge in [0.15, 0.2) is 6.29 Å². The highest BCUT2D eigenvalue weighted by Crippen LogP contribution is 2.22. The average Bonchev–Trinajstić information content (AvgIpc) is 3.10. The number of allylic oxidation sites excluding steroid dienone is 3. The van der Waals surface area contributed by atoms with Crippen molar-refractivity contribution in [1.29, 1.82) is 0 Å². The summed E-state index contributed by atoms with van der Waals surface area (Å²) < 4.78 is 11.1. The van der Waals surface area contributed by atoms with E-state index >= 15 is 0 Å². The molecule has 9 nitrogen and oxygen atoms in total. The third kappa shape index (κ3) is 23.0.